The second kappa shape index (κ2) is 4.43. The van der Waals surface area contributed by atoms with Crippen LogP contribution in [-0.4, -0.2) is 23.2 Å². The summed E-state index contributed by atoms with van der Waals surface area (Å²) in [6.45, 7) is 1.78. The Morgan fingerprint density at radius 1 is 1.37 bits per heavy atom. The standard InChI is InChI=1S/C13H14F3NO2/c1-12(11(18)19)7-4-8-17(12)10-6-3-2-5-9(10)13(14,15)16/h2-3,5-6H,4,7-8H2,1H3,(H,18,19). The molecule has 1 aromatic rings. The van der Waals surface area contributed by atoms with E-state index in [0.717, 1.165) is 6.07 Å². The first-order valence-electron chi connectivity index (χ1n) is 5.94. The normalized spacial score (nSPS) is 23.7. The average molecular weight is 273 g/mol. The number of benzene rings is 1. The number of halogens is 3. The molecule has 1 heterocycles. The fourth-order valence-electron chi connectivity index (χ4n) is 2.52. The third kappa shape index (κ3) is 2.27. The summed E-state index contributed by atoms with van der Waals surface area (Å²) in [5, 5.41) is 9.28. The van der Waals surface area contributed by atoms with Crippen molar-refractivity contribution >= 4 is 11.7 Å². The van der Waals surface area contributed by atoms with E-state index >= 15 is 0 Å². The quantitative estimate of drug-likeness (QED) is 0.899. The van der Waals surface area contributed by atoms with Gasteiger partial charge >= 0.3 is 12.1 Å². The first kappa shape index (κ1) is 13.7. The van der Waals surface area contributed by atoms with Crippen molar-refractivity contribution in [3.63, 3.8) is 0 Å². The largest absolute Gasteiger partial charge is 0.480 e. The molecule has 104 valence electrons. The van der Waals surface area contributed by atoms with Crippen LogP contribution in [0.1, 0.15) is 25.3 Å². The van der Waals surface area contributed by atoms with Gasteiger partial charge in [0.15, 0.2) is 0 Å². The van der Waals surface area contributed by atoms with Crippen LogP contribution >= 0.6 is 0 Å². The van der Waals surface area contributed by atoms with Crippen molar-refractivity contribution in [1.82, 2.24) is 0 Å². The van der Waals surface area contributed by atoms with Crippen LogP contribution in [0.5, 0.6) is 0 Å². The Bertz CT molecular complexity index is 501. The highest BCUT2D eigenvalue weighted by atomic mass is 19.4. The molecule has 1 aromatic carbocycles. The Hall–Kier alpha value is -1.72. The van der Waals surface area contributed by atoms with Gasteiger partial charge in [0.1, 0.15) is 5.54 Å². The summed E-state index contributed by atoms with van der Waals surface area (Å²) in [5.41, 5.74) is -2.12. The van der Waals surface area contributed by atoms with E-state index in [0.29, 0.717) is 19.4 Å². The molecule has 6 heteroatoms. The lowest BCUT2D eigenvalue weighted by atomic mass is 9.98. The van der Waals surface area contributed by atoms with E-state index in [4.69, 9.17) is 0 Å². The van der Waals surface area contributed by atoms with Crippen LogP contribution < -0.4 is 4.90 Å². The molecular formula is C13H14F3NO2. The molecule has 1 saturated heterocycles. The Morgan fingerprint density at radius 3 is 2.58 bits per heavy atom. The first-order valence-corrected chi connectivity index (χ1v) is 5.94. The number of hydrogen-bond donors (Lipinski definition) is 1. The molecule has 0 radical (unpaired) electrons. The van der Waals surface area contributed by atoms with Gasteiger partial charge in [0, 0.05) is 12.2 Å². The van der Waals surface area contributed by atoms with E-state index in [1.165, 1.54) is 30.0 Å². The summed E-state index contributed by atoms with van der Waals surface area (Å²) in [6, 6.07) is 5.11. The van der Waals surface area contributed by atoms with Crippen LogP contribution in [0.4, 0.5) is 18.9 Å². The number of hydrogen-bond acceptors (Lipinski definition) is 2. The van der Waals surface area contributed by atoms with Gasteiger partial charge in [-0.25, -0.2) is 4.79 Å². The van der Waals surface area contributed by atoms with Gasteiger partial charge in [-0.2, -0.15) is 13.2 Å². The highest BCUT2D eigenvalue weighted by Crippen LogP contribution is 2.41. The van der Waals surface area contributed by atoms with Crippen molar-refractivity contribution in [2.75, 3.05) is 11.4 Å². The minimum absolute atomic E-state index is 0.0580. The first-order chi connectivity index (χ1) is 8.77. The molecule has 0 saturated carbocycles. The number of aliphatic carboxylic acids is 1. The van der Waals surface area contributed by atoms with Gasteiger partial charge in [0.05, 0.1) is 5.56 Å². The summed E-state index contributed by atoms with van der Waals surface area (Å²) in [4.78, 5) is 12.7. The fraction of sp³-hybridized carbons (Fsp3) is 0.462. The van der Waals surface area contributed by atoms with Crippen molar-refractivity contribution in [3.8, 4) is 0 Å². The summed E-state index contributed by atoms with van der Waals surface area (Å²) < 4.78 is 38.9. The highest BCUT2D eigenvalue weighted by Gasteiger charge is 2.46. The Labute approximate surface area is 108 Å². The number of carbonyl (C=O) groups is 1. The second-order valence-corrected chi connectivity index (χ2v) is 4.85. The molecule has 0 spiro atoms. The number of nitrogens with zero attached hydrogens (tertiary/aromatic N) is 1. The topological polar surface area (TPSA) is 40.5 Å². The molecule has 19 heavy (non-hydrogen) atoms. The monoisotopic (exact) mass is 273 g/mol. The van der Waals surface area contributed by atoms with E-state index in [2.05, 4.69) is 0 Å². The van der Waals surface area contributed by atoms with E-state index in [9.17, 15) is 23.1 Å². The Morgan fingerprint density at radius 2 is 2.00 bits per heavy atom. The summed E-state index contributed by atoms with van der Waals surface area (Å²) in [5.74, 6) is -1.10. The highest BCUT2D eigenvalue weighted by molar-refractivity contribution is 5.84. The minimum atomic E-state index is -4.49. The van der Waals surface area contributed by atoms with Crippen LogP contribution in [-0.2, 0) is 11.0 Å². The lowest BCUT2D eigenvalue weighted by molar-refractivity contribution is -0.143. The van der Waals surface area contributed by atoms with Gasteiger partial charge in [-0.1, -0.05) is 12.1 Å². The predicted molar refractivity (Wildman–Crippen MR) is 64.1 cm³/mol. The second-order valence-electron chi connectivity index (χ2n) is 4.85. The SMILES string of the molecule is CC1(C(=O)O)CCCN1c1ccccc1C(F)(F)F. The van der Waals surface area contributed by atoms with Crippen molar-refractivity contribution in [3.05, 3.63) is 29.8 Å². The third-order valence-corrected chi connectivity index (χ3v) is 3.60. The van der Waals surface area contributed by atoms with Gasteiger partial charge in [0.25, 0.3) is 0 Å². The molecule has 0 aromatic heterocycles. The molecule has 0 bridgehead atoms. The summed E-state index contributed by atoms with van der Waals surface area (Å²) in [7, 11) is 0. The molecule has 0 amide bonds. The van der Waals surface area contributed by atoms with Gasteiger partial charge in [-0.05, 0) is 31.9 Å². The van der Waals surface area contributed by atoms with Crippen LogP contribution in [0.15, 0.2) is 24.3 Å². The molecule has 1 aliphatic heterocycles. The van der Waals surface area contributed by atoms with Crippen molar-refractivity contribution in [2.24, 2.45) is 0 Å². The van der Waals surface area contributed by atoms with E-state index < -0.39 is 23.2 Å². The lowest BCUT2D eigenvalue weighted by Crippen LogP contribution is -2.48. The zero-order valence-electron chi connectivity index (χ0n) is 10.4. The maximum absolute atomic E-state index is 13.0. The van der Waals surface area contributed by atoms with Crippen LogP contribution in [0, 0.1) is 0 Å². The smallest absolute Gasteiger partial charge is 0.418 e. The zero-order valence-corrected chi connectivity index (χ0v) is 10.4. The van der Waals surface area contributed by atoms with Crippen LogP contribution in [0.25, 0.3) is 0 Å². The molecule has 0 aliphatic carbocycles. The zero-order chi connectivity index (χ0) is 14.3. The average Bonchev–Trinajstić information content (AvgIpc) is 2.71. The Kier molecular flexibility index (Phi) is 3.20. The molecule has 1 N–H and O–H groups in total. The van der Waals surface area contributed by atoms with Crippen molar-refractivity contribution in [2.45, 2.75) is 31.5 Å². The van der Waals surface area contributed by atoms with Gasteiger partial charge < -0.3 is 10.0 Å². The number of para-hydroxylation sites is 1. The van der Waals surface area contributed by atoms with Crippen molar-refractivity contribution < 1.29 is 23.1 Å². The molecule has 1 aliphatic rings. The summed E-state index contributed by atoms with van der Waals surface area (Å²) >= 11 is 0. The molecule has 1 fully saturated rings. The molecular weight excluding hydrogens is 259 g/mol. The Balaban J connectivity index is 2.51. The third-order valence-electron chi connectivity index (χ3n) is 3.60. The van der Waals surface area contributed by atoms with E-state index in [1.807, 2.05) is 0 Å². The number of carboxylic acid groups (broad SMARTS) is 1. The number of carboxylic acids is 1. The molecule has 3 nitrogen and oxygen atoms in total. The molecule has 1 unspecified atom stereocenters. The molecule has 2 rings (SSSR count). The van der Waals surface area contributed by atoms with Crippen molar-refractivity contribution in [1.29, 1.82) is 0 Å². The number of alkyl halides is 3. The predicted octanol–water partition coefficient (Wildman–Crippen LogP) is 3.15. The minimum Gasteiger partial charge on any atom is -0.480 e. The lowest BCUT2D eigenvalue weighted by Gasteiger charge is -2.34. The number of anilines is 1. The van der Waals surface area contributed by atoms with Gasteiger partial charge in [0.2, 0.25) is 0 Å². The molecule has 1 atom stereocenters. The van der Waals surface area contributed by atoms with Crippen LogP contribution in [0.3, 0.4) is 0 Å². The number of rotatable bonds is 2. The van der Waals surface area contributed by atoms with E-state index in [-0.39, 0.29) is 5.69 Å². The summed E-state index contributed by atoms with van der Waals surface area (Å²) in [6.07, 6.45) is -3.58. The van der Waals surface area contributed by atoms with Gasteiger partial charge in [-0.15, -0.1) is 0 Å². The fourth-order valence-corrected chi connectivity index (χ4v) is 2.52. The van der Waals surface area contributed by atoms with Crippen LogP contribution in [0.2, 0.25) is 0 Å². The van der Waals surface area contributed by atoms with E-state index in [1.54, 1.807) is 0 Å². The maximum atomic E-state index is 13.0. The maximum Gasteiger partial charge on any atom is 0.418 e. The van der Waals surface area contributed by atoms with Gasteiger partial charge in [-0.3, -0.25) is 0 Å².